The van der Waals surface area contributed by atoms with Crippen LogP contribution < -0.4 is 15.2 Å². The van der Waals surface area contributed by atoms with E-state index in [1.54, 1.807) is 0 Å². The van der Waals surface area contributed by atoms with Gasteiger partial charge in [-0.05, 0) is 13.3 Å². The summed E-state index contributed by atoms with van der Waals surface area (Å²) in [5, 5.41) is 0. The highest BCUT2D eigenvalue weighted by molar-refractivity contribution is 7.71. The van der Waals surface area contributed by atoms with Gasteiger partial charge in [0.05, 0.1) is 5.69 Å². The molecule has 0 saturated heterocycles. The normalized spacial score (nSPS) is 10.9. The zero-order valence-electron chi connectivity index (χ0n) is 12.0. The lowest BCUT2D eigenvalue weighted by molar-refractivity contribution is 0.660. The molecule has 0 spiro atoms. The van der Waals surface area contributed by atoms with E-state index in [4.69, 9.17) is 12.2 Å². The number of unbranched alkanes of at least 4 members (excludes halogenated alkanes) is 3. The monoisotopic (exact) mass is 268 g/mol. The van der Waals surface area contributed by atoms with E-state index in [2.05, 4.69) is 23.6 Å². The minimum Gasteiger partial charge on any atom is -0.372 e. The lowest BCUT2D eigenvalue weighted by Crippen LogP contribution is -2.33. The number of hydrogen-bond donors (Lipinski definition) is 0. The summed E-state index contributed by atoms with van der Waals surface area (Å²) in [5.41, 5.74) is 1.80. The second-order valence-electron chi connectivity index (χ2n) is 4.85. The zero-order chi connectivity index (χ0) is 13.7. The number of rotatable bonds is 8. The third-order valence-corrected chi connectivity index (χ3v) is 3.82. The molecule has 0 aliphatic heterocycles. The fourth-order valence-electron chi connectivity index (χ4n) is 2.12. The highest BCUT2D eigenvalue weighted by atomic mass is 32.1. The summed E-state index contributed by atoms with van der Waals surface area (Å²) in [6.07, 6.45) is 4.86. The van der Waals surface area contributed by atoms with E-state index in [-0.39, 0.29) is 5.43 Å². The molecule has 0 saturated carbocycles. The van der Waals surface area contributed by atoms with Crippen LogP contribution >= 0.6 is 12.2 Å². The molecule has 0 radical (unpaired) electrons. The second kappa shape index (κ2) is 6.88. The maximum absolute atomic E-state index is 11.9. The molecule has 0 aromatic heterocycles. The number of anilines is 2. The quantitative estimate of drug-likeness (QED) is 0.534. The molecule has 0 unspecified atom stereocenters. The topological polar surface area (TPSA) is 23.6 Å². The van der Waals surface area contributed by atoms with Gasteiger partial charge in [-0.3, -0.25) is 4.79 Å². The van der Waals surface area contributed by atoms with Crippen LogP contribution in [0.2, 0.25) is 0 Å². The van der Waals surface area contributed by atoms with Crippen LogP contribution in [0.1, 0.15) is 39.5 Å². The van der Waals surface area contributed by atoms with Crippen LogP contribution in [0.5, 0.6) is 0 Å². The van der Waals surface area contributed by atoms with E-state index in [1.165, 1.54) is 19.3 Å². The molecule has 0 fully saturated rings. The van der Waals surface area contributed by atoms with Gasteiger partial charge in [-0.15, -0.1) is 0 Å². The summed E-state index contributed by atoms with van der Waals surface area (Å²) in [6.45, 7) is 6.08. The van der Waals surface area contributed by atoms with Crippen molar-refractivity contribution in [1.29, 1.82) is 0 Å². The summed E-state index contributed by atoms with van der Waals surface area (Å²) in [6, 6.07) is 0. The Morgan fingerprint density at radius 3 is 2.22 bits per heavy atom. The van der Waals surface area contributed by atoms with Gasteiger partial charge < -0.3 is 9.80 Å². The van der Waals surface area contributed by atoms with Crippen molar-refractivity contribution in [1.82, 2.24) is 0 Å². The maximum Gasteiger partial charge on any atom is 0.224 e. The van der Waals surface area contributed by atoms with Crippen molar-refractivity contribution in [3.63, 3.8) is 0 Å². The maximum atomic E-state index is 11.9. The highest BCUT2D eigenvalue weighted by Crippen LogP contribution is 2.29. The first-order chi connectivity index (χ1) is 8.54. The molecule has 4 heteroatoms. The molecule has 0 heterocycles. The van der Waals surface area contributed by atoms with Crippen molar-refractivity contribution in [3.05, 3.63) is 14.7 Å². The Bertz CT molecular complexity index is 449. The van der Waals surface area contributed by atoms with E-state index in [1.807, 2.05) is 14.1 Å². The summed E-state index contributed by atoms with van der Waals surface area (Å²) >= 11 is 5.14. The molecule has 0 aliphatic carbocycles. The van der Waals surface area contributed by atoms with E-state index < -0.39 is 0 Å². The molecule has 1 rings (SSSR count). The van der Waals surface area contributed by atoms with Crippen LogP contribution in [-0.4, -0.2) is 27.2 Å². The van der Waals surface area contributed by atoms with Crippen LogP contribution in [0.15, 0.2) is 4.79 Å². The van der Waals surface area contributed by atoms with Crippen molar-refractivity contribution in [2.75, 3.05) is 37.0 Å². The van der Waals surface area contributed by atoms with Gasteiger partial charge in [-0.25, -0.2) is 0 Å². The molecule has 0 amide bonds. The smallest absolute Gasteiger partial charge is 0.224 e. The van der Waals surface area contributed by atoms with Crippen LogP contribution in [0.3, 0.4) is 0 Å². The van der Waals surface area contributed by atoms with Gasteiger partial charge in [0.25, 0.3) is 0 Å². The minimum atomic E-state index is 0.0401. The molecule has 18 heavy (non-hydrogen) atoms. The molecule has 3 nitrogen and oxygen atoms in total. The largest absolute Gasteiger partial charge is 0.372 e. The van der Waals surface area contributed by atoms with Gasteiger partial charge in [0.2, 0.25) is 5.43 Å². The third-order valence-electron chi connectivity index (χ3n) is 3.45. The SMILES string of the molecule is CCCCCCN(C)c1c(N(C)CC)c(=S)c1=O. The van der Waals surface area contributed by atoms with Gasteiger partial charge >= 0.3 is 0 Å². The van der Waals surface area contributed by atoms with Gasteiger partial charge in [0.15, 0.2) is 0 Å². The average molecular weight is 268 g/mol. The van der Waals surface area contributed by atoms with Crippen LogP contribution in [0.25, 0.3) is 0 Å². The molecule has 0 aliphatic rings. The summed E-state index contributed by atoms with van der Waals surface area (Å²) < 4.78 is 0.495. The Labute approximate surface area is 115 Å². The van der Waals surface area contributed by atoms with E-state index in [0.717, 1.165) is 30.9 Å². The van der Waals surface area contributed by atoms with Crippen LogP contribution in [0, 0.1) is 4.51 Å². The van der Waals surface area contributed by atoms with Crippen molar-refractivity contribution >= 4 is 23.6 Å². The first-order valence-corrected chi connectivity index (χ1v) is 7.20. The predicted octanol–water partition coefficient (Wildman–Crippen LogP) is 3.12. The number of nitrogens with zero attached hydrogens (tertiary/aromatic N) is 2. The van der Waals surface area contributed by atoms with Crippen molar-refractivity contribution < 1.29 is 0 Å². The minimum absolute atomic E-state index is 0.0401. The molecule has 1 aromatic rings. The Kier molecular flexibility index (Phi) is 5.79. The fourth-order valence-corrected chi connectivity index (χ4v) is 2.47. The van der Waals surface area contributed by atoms with Gasteiger partial charge in [-0.1, -0.05) is 38.4 Å². The zero-order valence-corrected chi connectivity index (χ0v) is 12.8. The second-order valence-corrected chi connectivity index (χ2v) is 5.26. The summed E-state index contributed by atoms with van der Waals surface area (Å²) in [4.78, 5) is 16.0. The lowest BCUT2D eigenvalue weighted by Gasteiger charge is -2.29. The first-order valence-electron chi connectivity index (χ1n) is 6.80. The molecule has 1 aromatic carbocycles. The summed E-state index contributed by atoms with van der Waals surface area (Å²) in [5.74, 6) is 0. The Morgan fingerprint density at radius 1 is 1.00 bits per heavy atom. The van der Waals surface area contributed by atoms with Crippen LogP contribution in [-0.2, 0) is 0 Å². The van der Waals surface area contributed by atoms with Crippen molar-refractivity contribution in [2.24, 2.45) is 0 Å². The fraction of sp³-hybridized carbons (Fsp3) is 0.714. The molecular formula is C14H24N2OS. The standard InChI is InChI=1S/C14H24N2OS/c1-5-7-8-9-10-16(4)11-12(15(3)6-2)14(18)13(11)17/h5-10H2,1-4H3. The van der Waals surface area contributed by atoms with E-state index in [0.29, 0.717) is 4.51 Å². The van der Waals surface area contributed by atoms with E-state index in [9.17, 15) is 4.79 Å². The molecular weight excluding hydrogens is 244 g/mol. The Morgan fingerprint density at radius 2 is 1.67 bits per heavy atom. The Balaban J connectivity index is 2.68. The summed E-state index contributed by atoms with van der Waals surface area (Å²) in [7, 11) is 3.98. The number of hydrogen-bond acceptors (Lipinski definition) is 4. The van der Waals surface area contributed by atoms with E-state index >= 15 is 0 Å². The molecule has 102 valence electrons. The Hall–Kier alpha value is -0.900. The third kappa shape index (κ3) is 3.10. The molecule has 0 atom stereocenters. The van der Waals surface area contributed by atoms with Crippen molar-refractivity contribution in [3.8, 4) is 0 Å². The molecule has 0 bridgehead atoms. The van der Waals surface area contributed by atoms with Crippen molar-refractivity contribution in [2.45, 2.75) is 39.5 Å². The van der Waals surface area contributed by atoms with Crippen LogP contribution in [0.4, 0.5) is 11.4 Å². The van der Waals surface area contributed by atoms with Gasteiger partial charge in [0.1, 0.15) is 10.2 Å². The lowest BCUT2D eigenvalue weighted by atomic mass is 10.1. The predicted molar refractivity (Wildman–Crippen MR) is 82.3 cm³/mol. The van der Waals surface area contributed by atoms with Gasteiger partial charge in [-0.2, -0.15) is 0 Å². The van der Waals surface area contributed by atoms with Gasteiger partial charge in [0, 0.05) is 27.2 Å². The highest BCUT2D eigenvalue weighted by Gasteiger charge is 2.23. The average Bonchev–Trinajstić information content (AvgIpc) is 2.38. The molecule has 0 N–H and O–H groups in total. The first kappa shape index (κ1) is 15.2.